The smallest absolute Gasteiger partial charge is 0.407 e. The summed E-state index contributed by atoms with van der Waals surface area (Å²) in [4.78, 5) is 62.9. The largest absolute Gasteiger partial charge is 0.467 e. The molecule has 4 rings (SSSR count). The van der Waals surface area contributed by atoms with Crippen LogP contribution in [0.25, 0.3) is 0 Å². The minimum absolute atomic E-state index is 0.00359. The lowest BCUT2D eigenvalue weighted by Crippen LogP contribution is -2.54. The Labute approximate surface area is 260 Å². The van der Waals surface area contributed by atoms with Crippen molar-refractivity contribution in [2.75, 3.05) is 20.2 Å². The van der Waals surface area contributed by atoms with Crippen LogP contribution in [0.15, 0.2) is 0 Å². The summed E-state index contributed by atoms with van der Waals surface area (Å²) in [6, 6.07) is -1.80. The Morgan fingerprint density at radius 3 is 1.67 bits per heavy atom. The third-order valence-corrected chi connectivity index (χ3v) is 7.12. The number of esters is 1. The van der Waals surface area contributed by atoms with Gasteiger partial charge in [0, 0.05) is 25.9 Å². The predicted molar refractivity (Wildman–Crippen MR) is 150 cm³/mol. The highest BCUT2D eigenvalue weighted by Gasteiger charge is 2.58. The lowest BCUT2D eigenvalue weighted by atomic mass is 10.1. The second-order valence-corrected chi connectivity index (χ2v) is 13.0. The fourth-order valence-electron chi connectivity index (χ4n) is 5.38. The zero-order valence-corrected chi connectivity index (χ0v) is 26.8. The van der Waals surface area contributed by atoms with Gasteiger partial charge in [0.15, 0.2) is 36.4 Å². The summed E-state index contributed by atoms with van der Waals surface area (Å²) >= 11 is 0. The van der Waals surface area contributed by atoms with Crippen LogP contribution in [0.3, 0.4) is 0 Å². The minimum Gasteiger partial charge on any atom is -0.467 e. The van der Waals surface area contributed by atoms with E-state index in [9.17, 15) is 24.0 Å². The average molecular weight is 645 g/mol. The number of hydrogen-bond acceptors (Lipinski definition) is 13. The van der Waals surface area contributed by atoms with Crippen LogP contribution in [0, 0.1) is 0 Å². The first kappa shape index (κ1) is 34.8. The summed E-state index contributed by atoms with van der Waals surface area (Å²) in [5.41, 5.74) is -0.688. The molecule has 17 heteroatoms. The maximum atomic E-state index is 13.2. The van der Waals surface area contributed by atoms with E-state index >= 15 is 0 Å². The first-order valence-corrected chi connectivity index (χ1v) is 14.8. The van der Waals surface area contributed by atoms with Crippen LogP contribution in [0.4, 0.5) is 4.79 Å². The van der Waals surface area contributed by atoms with Gasteiger partial charge in [-0.2, -0.15) is 0 Å². The fraction of sp³-hybridized carbons (Fsp3) is 0.821. The van der Waals surface area contributed by atoms with Crippen molar-refractivity contribution in [3.8, 4) is 0 Å². The predicted octanol–water partition coefficient (Wildman–Crippen LogP) is -0.697. The highest BCUT2D eigenvalue weighted by molar-refractivity contribution is 5.85. The normalized spacial score (nSPS) is 32.6. The molecule has 17 nitrogen and oxygen atoms in total. The maximum absolute atomic E-state index is 13.2. The van der Waals surface area contributed by atoms with Crippen molar-refractivity contribution in [2.45, 2.75) is 128 Å². The SMILES string of the molecule is COC(=O)[C@H]1O[C@@H]2OC(C)(C)O[C@@H]2[C@H]1NC(=O)CCNC(=O)[C@H]1O[C@@H]2OC(C)(C)O[C@@H]2[C@@H]1NC(=O)CCNC(=O)OC(C)(C)C. The van der Waals surface area contributed by atoms with Crippen molar-refractivity contribution >= 4 is 29.8 Å². The molecule has 0 saturated carbocycles. The molecule has 4 aliphatic rings. The molecule has 4 aliphatic heterocycles. The Hall–Kier alpha value is -3.09. The van der Waals surface area contributed by atoms with Crippen LogP contribution in [0.5, 0.6) is 0 Å². The number of carbonyl (C=O) groups excluding carboxylic acids is 5. The molecule has 0 aliphatic carbocycles. The van der Waals surface area contributed by atoms with Crippen LogP contribution in [0.2, 0.25) is 0 Å². The zero-order valence-electron chi connectivity index (χ0n) is 26.8. The third-order valence-electron chi connectivity index (χ3n) is 7.12. The molecule has 0 aromatic rings. The number of rotatable bonds is 10. The number of hydrogen-bond donors (Lipinski definition) is 4. The van der Waals surface area contributed by atoms with Gasteiger partial charge < -0.3 is 59.2 Å². The van der Waals surface area contributed by atoms with Crippen molar-refractivity contribution in [1.29, 1.82) is 0 Å². The molecule has 0 aromatic carbocycles. The molecule has 0 radical (unpaired) electrons. The molecule has 4 saturated heterocycles. The lowest BCUT2D eigenvalue weighted by Gasteiger charge is -2.26. The molecule has 8 atom stereocenters. The van der Waals surface area contributed by atoms with Crippen LogP contribution in [-0.4, -0.2) is 116 Å². The molecule has 4 N–H and O–H groups in total. The van der Waals surface area contributed by atoms with Gasteiger partial charge in [0.2, 0.25) is 11.8 Å². The first-order valence-electron chi connectivity index (χ1n) is 14.8. The Balaban J connectivity index is 1.29. The van der Waals surface area contributed by atoms with Gasteiger partial charge in [-0.25, -0.2) is 9.59 Å². The molecule has 0 unspecified atom stereocenters. The quantitative estimate of drug-likeness (QED) is 0.217. The van der Waals surface area contributed by atoms with E-state index in [-0.39, 0.29) is 25.9 Å². The van der Waals surface area contributed by atoms with E-state index in [0.29, 0.717) is 0 Å². The van der Waals surface area contributed by atoms with E-state index in [1.807, 2.05) is 0 Å². The molecular formula is C28H44N4O13. The van der Waals surface area contributed by atoms with E-state index in [0.717, 1.165) is 0 Å². The first-order chi connectivity index (χ1) is 20.9. The monoisotopic (exact) mass is 644 g/mol. The molecular weight excluding hydrogens is 600 g/mol. The van der Waals surface area contributed by atoms with Gasteiger partial charge in [-0.05, 0) is 48.5 Å². The van der Waals surface area contributed by atoms with Crippen molar-refractivity contribution < 1.29 is 61.9 Å². The van der Waals surface area contributed by atoms with Gasteiger partial charge in [0.1, 0.15) is 17.8 Å². The van der Waals surface area contributed by atoms with Crippen molar-refractivity contribution in [1.82, 2.24) is 21.3 Å². The number of fused-ring (bicyclic) bond motifs is 2. The molecule has 4 fully saturated rings. The van der Waals surface area contributed by atoms with Crippen LogP contribution < -0.4 is 21.3 Å². The lowest BCUT2D eigenvalue weighted by molar-refractivity contribution is -0.213. The zero-order chi connectivity index (χ0) is 33.3. The molecule has 0 spiro atoms. The number of methoxy groups -OCH3 is 1. The average Bonchev–Trinajstić information content (AvgIpc) is 3.58. The van der Waals surface area contributed by atoms with E-state index in [2.05, 4.69) is 21.3 Å². The third kappa shape index (κ3) is 8.80. The summed E-state index contributed by atoms with van der Waals surface area (Å²) in [5, 5.41) is 10.6. The van der Waals surface area contributed by atoms with E-state index in [4.69, 9.17) is 37.9 Å². The maximum Gasteiger partial charge on any atom is 0.407 e. The van der Waals surface area contributed by atoms with Crippen LogP contribution in [-0.2, 0) is 57.1 Å². The Morgan fingerprint density at radius 1 is 0.711 bits per heavy atom. The van der Waals surface area contributed by atoms with Gasteiger partial charge in [0.05, 0.1) is 19.2 Å². The molecule has 4 heterocycles. The minimum atomic E-state index is -1.19. The summed E-state index contributed by atoms with van der Waals surface area (Å²) in [5.74, 6) is -4.25. The Morgan fingerprint density at radius 2 is 1.18 bits per heavy atom. The Kier molecular flexibility index (Phi) is 10.3. The topological polar surface area (TPSA) is 207 Å². The summed E-state index contributed by atoms with van der Waals surface area (Å²) in [6.07, 6.45) is -6.59. The van der Waals surface area contributed by atoms with Crippen molar-refractivity contribution in [3.63, 3.8) is 0 Å². The molecule has 254 valence electrons. The van der Waals surface area contributed by atoms with Gasteiger partial charge in [-0.3, -0.25) is 14.4 Å². The second-order valence-electron chi connectivity index (χ2n) is 13.0. The summed E-state index contributed by atoms with van der Waals surface area (Å²) < 4.78 is 44.5. The number of carbonyl (C=O) groups is 5. The fourth-order valence-corrected chi connectivity index (χ4v) is 5.38. The van der Waals surface area contributed by atoms with Crippen molar-refractivity contribution in [2.24, 2.45) is 0 Å². The summed E-state index contributed by atoms with van der Waals surface area (Å²) in [6.45, 7) is 11.8. The van der Waals surface area contributed by atoms with Gasteiger partial charge in [0.25, 0.3) is 5.91 Å². The molecule has 45 heavy (non-hydrogen) atoms. The number of nitrogens with one attached hydrogen (secondary N) is 4. The number of alkyl carbamates (subject to hydrolysis) is 1. The molecule has 0 bridgehead atoms. The Bertz CT molecular complexity index is 1160. The van der Waals surface area contributed by atoms with Gasteiger partial charge in [-0.15, -0.1) is 0 Å². The van der Waals surface area contributed by atoms with Crippen LogP contribution >= 0.6 is 0 Å². The highest BCUT2D eigenvalue weighted by atomic mass is 16.8. The number of ether oxygens (including phenoxy) is 8. The molecule has 4 amide bonds. The van der Waals surface area contributed by atoms with Crippen LogP contribution in [0.1, 0.15) is 61.3 Å². The van der Waals surface area contributed by atoms with Crippen molar-refractivity contribution in [3.05, 3.63) is 0 Å². The van der Waals surface area contributed by atoms with Gasteiger partial charge in [-0.1, -0.05) is 0 Å². The number of amides is 4. The van der Waals surface area contributed by atoms with E-state index < -0.39 is 96.0 Å². The standard InChI is InChI=1S/C28H44N4O13/c1-26(2,3)45-25(37)30-12-10-14(34)31-15-17(39-23-19(15)41-27(4,5)43-23)21(35)29-11-9-13(33)32-16-18(22(36)38-8)40-24-20(16)42-28(6,7)44-24/h15-20,23-24H,9-12H2,1-8H3,(H,29,35)(H,30,37)(H,31,34)(H,32,33)/t15-,16+,17+,18+,19-,20-,23-,24-/m1/s1. The second kappa shape index (κ2) is 13.3. The van der Waals surface area contributed by atoms with E-state index in [1.54, 1.807) is 48.5 Å². The summed E-state index contributed by atoms with van der Waals surface area (Å²) in [7, 11) is 1.20. The highest BCUT2D eigenvalue weighted by Crippen LogP contribution is 2.39. The van der Waals surface area contributed by atoms with E-state index in [1.165, 1.54) is 7.11 Å². The van der Waals surface area contributed by atoms with Gasteiger partial charge >= 0.3 is 12.1 Å². The molecule has 0 aromatic heterocycles.